The molecule has 26 heavy (non-hydrogen) atoms. The molecule has 1 aliphatic rings. The van der Waals surface area contributed by atoms with E-state index in [0.29, 0.717) is 36.1 Å². The molecule has 7 nitrogen and oxygen atoms in total. The van der Waals surface area contributed by atoms with Gasteiger partial charge < -0.3 is 14.6 Å². The Kier molecular flexibility index (Phi) is 4.70. The number of morpholine rings is 1. The highest BCUT2D eigenvalue weighted by Gasteiger charge is 2.30. The standard InChI is InChI=1S/C16H16F2N4O3S/c17-15(18)25-11-3-1-2-10(8-11)12(21-4-6-24-7-5-21)13-14(23)22-16(26-13)19-9-20-22/h1-3,8-9,12,15,23H,4-7H2. The van der Waals surface area contributed by atoms with E-state index in [1.54, 1.807) is 12.1 Å². The molecule has 1 unspecified atom stereocenters. The summed E-state index contributed by atoms with van der Waals surface area (Å²) in [6.45, 7) is -0.471. The lowest BCUT2D eigenvalue weighted by Crippen LogP contribution is -2.39. The van der Waals surface area contributed by atoms with Crippen LogP contribution < -0.4 is 4.74 Å². The first kappa shape index (κ1) is 17.1. The van der Waals surface area contributed by atoms with Gasteiger partial charge in [-0.2, -0.15) is 18.4 Å². The Labute approximate surface area is 151 Å². The van der Waals surface area contributed by atoms with Gasteiger partial charge in [0, 0.05) is 13.1 Å². The normalized spacial score (nSPS) is 17.0. The van der Waals surface area contributed by atoms with Crippen molar-refractivity contribution >= 4 is 16.3 Å². The number of hydrogen-bond acceptors (Lipinski definition) is 7. The number of alkyl halides is 2. The fraction of sp³-hybridized carbons (Fsp3) is 0.375. The Bertz CT molecular complexity index is 895. The molecule has 0 amide bonds. The highest BCUT2D eigenvalue weighted by Crippen LogP contribution is 2.40. The molecule has 4 rings (SSSR count). The Balaban J connectivity index is 1.78. The van der Waals surface area contributed by atoms with Gasteiger partial charge in [0.2, 0.25) is 10.8 Å². The zero-order valence-electron chi connectivity index (χ0n) is 13.6. The number of rotatable bonds is 5. The molecule has 138 valence electrons. The maximum absolute atomic E-state index is 12.6. The van der Waals surface area contributed by atoms with Crippen LogP contribution in [0.4, 0.5) is 8.78 Å². The number of halogens is 2. The van der Waals surface area contributed by atoms with E-state index in [9.17, 15) is 13.9 Å². The first-order valence-electron chi connectivity index (χ1n) is 8.01. The summed E-state index contributed by atoms with van der Waals surface area (Å²) in [6.07, 6.45) is 1.37. The van der Waals surface area contributed by atoms with E-state index in [2.05, 4.69) is 19.7 Å². The van der Waals surface area contributed by atoms with Gasteiger partial charge in [0.05, 0.1) is 24.1 Å². The predicted octanol–water partition coefficient (Wildman–Crippen LogP) is 2.52. The second-order valence-corrected chi connectivity index (χ2v) is 6.76. The van der Waals surface area contributed by atoms with Crippen molar-refractivity contribution in [3.63, 3.8) is 0 Å². The Morgan fingerprint density at radius 2 is 2.08 bits per heavy atom. The minimum atomic E-state index is -2.89. The third kappa shape index (κ3) is 3.22. The van der Waals surface area contributed by atoms with E-state index in [4.69, 9.17) is 4.74 Å². The van der Waals surface area contributed by atoms with Crippen LogP contribution >= 0.6 is 11.3 Å². The van der Waals surface area contributed by atoms with Gasteiger partial charge in [0.1, 0.15) is 12.1 Å². The van der Waals surface area contributed by atoms with Crippen molar-refractivity contribution in [3.05, 3.63) is 41.0 Å². The number of thiazole rings is 1. The van der Waals surface area contributed by atoms with Crippen molar-refractivity contribution in [2.24, 2.45) is 0 Å². The van der Waals surface area contributed by atoms with Crippen LogP contribution in [0.1, 0.15) is 16.5 Å². The molecule has 0 radical (unpaired) electrons. The average molecular weight is 382 g/mol. The van der Waals surface area contributed by atoms with Gasteiger partial charge >= 0.3 is 6.61 Å². The number of ether oxygens (including phenoxy) is 2. The van der Waals surface area contributed by atoms with Crippen molar-refractivity contribution in [1.29, 1.82) is 0 Å². The Morgan fingerprint density at radius 3 is 2.81 bits per heavy atom. The van der Waals surface area contributed by atoms with E-state index >= 15 is 0 Å². The molecular weight excluding hydrogens is 366 g/mol. The number of aromatic hydroxyl groups is 1. The lowest BCUT2D eigenvalue weighted by molar-refractivity contribution is -0.0499. The first-order valence-corrected chi connectivity index (χ1v) is 8.83. The van der Waals surface area contributed by atoms with Gasteiger partial charge in [-0.15, -0.1) is 0 Å². The fourth-order valence-corrected chi connectivity index (χ4v) is 4.19. The second kappa shape index (κ2) is 7.14. The van der Waals surface area contributed by atoms with Gasteiger partial charge in [-0.3, -0.25) is 4.90 Å². The molecule has 10 heteroatoms. The quantitative estimate of drug-likeness (QED) is 0.731. The van der Waals surface area contributed by atoms with Crippen LogP contribution in [0.3, 0.4) is 0 Å². The SMILES string of the molecule is Oc1c(C(c2cccc(OC(F)F)c2)N2CCOCC2)sc2ncnn12. The molecule has 3 heterocycles. The smallest absolute Gasteiger partial charge is 0.387 e. The number of fused-ring (bicyclic) bond motifs is 1. The summed E-state index contributed by atoms with van der Waals surface area (Å²) < 4.78 is 36.5. The van der Waals surface area contributed by atoms with Crippen LogP contribution in [0, 0.1) is 0 Å². The highest BCUT2D eigenvalue weighted by molar-refractivity contribution is 7.17. The van der Waals surface area contributed by atoms with Gasteiger partial charge in [-0.25, -0.2) is 4.98 Å². The maximum atomic E-state index is 12.6. The van der Waals surface area contributed by atoms with Crippen molar-refractivity contribution in [3.8, 4) is 11.6 Å². The summed E-state index contributed by atoms with van der Waals surface area (Å²) in [5.41, 5.74) is 0.741. The molecule has 0 saturated carbocycles. The molecule has 1 saturated heterocycles. The van der Waals surface area contributed by atoms with Gasteiger partial charge in [-0.1, -0.05) is 23.5 Å². The van der Waals surface area contributed by atoms with Crippen LogP contribution in [-0.4, -0.2) is 57.5 Å². The van der Waals surface area contributed by atoms with Gasteiger partial charge in [0.15, 0.2) is 0 Å². The molecule has 1 fully saturated rings. The molecule has 0 bridgehead atoms. The third-order valence-corrected chi connectivity index (χ3v) is 5.28. The summed E-state index contributed by atoms with van der Waals surface area (Å²) >= 11 is 1.31. The van der Waals surface area contributed by atoms with Crippen molar-refractivity contribution in [2.45, 2.75) is 12.7 Å². The van der Waals surface area contributed by atoms with Crippen molar-refractivity contribution in [2.75, 3.05) is 26.3 Å². The molecule has 1 N–H and O–H groups in total. The zero-order valence-corrected chi connectivity index (χ0v) is 14.4. The molecule has 1 aliphatic heterocycles. The minimum absolute atomic E-state index is 0.000766. The van der Waals surface area contributed by atoms with Crippen LogP contribution in [0.15, 0.2) is 30.6 Å². The predicted molar refractivity (Wildman–Crippen MR) is 89.8 cm³/mol. The van der Waals surface area contributed by atoms with E-state index in [1.165, 1.54) is 28.2 Å². The molecule has 1 atom stereocenters. The monoisotopic (exact) mass is 382 g/mol. The van der Waals surface area contributed by atoms with E-state index in [1.807, 2.05) is 6.07 Å². The minimum Gasteiger partial charge on any atom is -0.492 e. The number of benzene rings is 1. The summed E-state index contributed by atoms with van der Waals surface area (Å²) in [5, 5.41) is 14.6. The van der Waals surface area contributed by atoms with Crippen LogP contribution in [-0.2, 0) is 4.74 Å². The van der Waals surface area contributed by atoms with E-state index in [0.717, 1.165) is 5.56 Å². The Hall–Kier alpha value is -2.30. The largest absolute Gasteiger partial charge is 0.492 e. The van der Waals surface area contributed by atoms with E-state index in [-0.39, 0.29) is 17.7 Å². The summed E-state index contributed by atoms with van der Waals surface area (Å²) in [6, 6.07) is 6.20. The molecule has 0 aliphatic carbocycles. The van der Waals surface area contributed by atoms with Crippen LogP contribution in [0.25, 0.3) is 4.96 Å². The number of hydrogen-bond donors (Lipinski definition) is 1. The average Bonchev–Trinajstić information content (AvgIpc) is 3.20. The molecule has 2 aromatic heterocycles. The zero-order chi connectivity index (χ0) is 18.1. The third-order valence-electron chi connectivity index (χ3n) is 4.20. The lowest BCUT2D eigenvalue weighted by Gasteiger charge is -2.34. The Morgan fingerprint density at radius 1 is 1.27 bits per heavy atom. The van der Waals surface area contributed by atoms with Crippen LogP contribution in [0.5, 0.6) is 11.6 Å². The molecular formula is C16H16F2N4O3S. The molecule has 0 spiro atoms. The van der Waals surface area contributed by atoms with Crippen LogP contribution in [0.2, 0.25) is 0 Å². The first-order chi connectivity index (χ1) is 12.6. The molecule has 1 aromatic carbocycles. The lowest BCUT2D eigenvalue weighted by atomic mass is 10.0. The van der Waals surface area contributed by atoms with Gasteiger partial charge in [-0.05, 0) is 17.7 Å². The summed E-state index contributed by atoms with van der Waals surface area (Å²) in [7, 11) is 0. The molecule has 3 aromatic rings. The van der Waals surface area contributed by atoms with E-state index < -0.39 is 6.61 Å². The fourth-order valence-electron chi connectivity index (χ4n) is 3.10. The van der Waals surface area contributed by atoms with Crippen molar-refractivity contribution in [1.82, 2.24) is 19.5 Å². The van der Waals surface area contributed by atoms with Crippen molar-refractivity contribution < 1.29 is 23.4 Å². The summed E-state index contributed by atoms with van der Waals surface area (Å²) in [5.74, 6) is 0.0777. The maximum Gasteiger partial charge on any atom is 0.387 e. The van der Waals surface area contributed by atoms with Gasteiger partial charge in [0.25, 0.3) is 0 Å². The highest BCUT2D eigenvalue weighted by atomic mass is 32.1. The topological polar surface area (TPSA) is 72.1 Å². The summed E-state index contributed by atoms with van der Waals surface area (Å²) in [4.78, 5) is 7.47. The number of aromatic nitrogens is 3. The second-order valence-electron chi connectivity index (χ2n) is 5.75. The number of nitrogens with zero attached hydrogens (tertiary/aromatic N) is 4.